The molecule has 0 fully saturated rings. The van der Waals surface area contributed by atoms with Crippen LogP contribution in [0.2, 0.25) is 0 Å². The van der Waals surface area contributed by atoms with Crippen LogP contribution >= 0.6 is 0 Å². The lowest BCUT2D eigenvalue weighted by Gasteiger charge is -2.03. The molecule has 0 saturated heterocycles. The molecule has 1 aromatic carbocycles. The van der Waals surface area contributed by atoms with Gasteiger partial charge in [0.05, 0.1) is 10.5 Å². The van der Waals surface area contributed by atoms with Gasteiger partial charge in [-0.2, -0.15) is 0 Å². The van der Waals surface area contributed by atoms with Crippen LogP contribution in [0.3, 0.4) is 0 Å². The third-order valence-electron chi connectivity index (χ3n) is 1.69. The normalized spacial score (nSPS) is 8.78. The van der Waals surface area contributed by atoms with Crippen molar-refractivity contribution in [3.63, 3.8) is 0 Å². The first-order valence-electron chi connectivity index (χ1n) is 5.52. The molecule has 0 saturated carbocycles. The first-order chi connectivity index (χ1) is 8.61. The molecule has 0 aromatic heterocycles. The smallest absolute Gasteiger partial charge is 0.276 e. The Balaban J connectivity index is 0. The van der Waals surface area contributed by atoms with E-state index in [9.17, 15) is 10.1 Å². The summed E-state index contributed by atoms with van der Waals surface area (Å²) in [6, 6.07) is 6.65. The molecule has 0 spiro atoms. The highest BCUT2D eigenvalue weighted by Crippen LogP contribution is 2.18. The van der Waals surface area contributed by atoms with Crippen molar-refractivity contribution >= 4 is 11.8 Å². The van der Waals surface area contributed by atoms with Crippen LogP contribution < -0.4 is 11.7 Å². The van der Waals surface area contributed by atoms with Crippen LogP contribution in [0, 0.1) is 10.1 Å². The molecule has 0 aliphatic rings. The van der Waals surface area contributed by atoms with Crippen LogP contribution in [-0.4, -0.2) is 23.9 Å². The predicted octanol–water partition coefficient (Wildman–Crippen LogP) is 1.97. The summed E-state index contributed by atoms with van der Waals surface area (Å²) in [5.41, 5.74) is 0.747. The van der Waals surface area contributed by atoms with Gasteiger partial charge in [-0.05, 0) is 18.3 Å². The molecule has 18 heavy (non-hydrogen) atoms. The fourth-order valence-electron chi connectivity index (χ4n) is 1.02. The largest absolute Gasteiger partial charge is 0.383 e. The second-order valence-electron chi connectivity index (χ2n) is 3.10. The Morgan fingerprint density at radius 2 is 1.72 bits per heavy atom. The van der Waals surface area contributed by atoms with E-state index in [1.54, 1.807) is 30.5 Å². The van der Waals surface area contributed by atoms with Gasteiger partial charge in [0, 0.05) is 20.2 Å². The van der Waals surface area contributed by atoms with Crippen molar-refractivity contribution in [3.8, 4) is 0 Å². The molecule has 0 heterocycles. The molecular weight excluding hydrogens is 232 g/mol. The molecule has 0 aliphatic heterocycles. The maximum atomic E-state index is 10.6. The number of rotatable bonds is 3. The molecule has 0 aliphatic carbocycles. The minimum absolute atomic E-state index is 0.130. The topological polar surface area (TPSA) is 98.4 Å². The molecule has 4 N–H and O–H groups in total. The number of nitrogens with zero attached hydrogens (tertiary/aromatic N) is 2. The molecule has 0 amide bonds. The van der Waals surface area contributed by atoms with Crippen LogP contribution in [0.4, 0.5) is 5.69 Å². The van der Waals surface area contributed by atoms with Crippen molar-refractivity contribution in [2.24, 2.45) is 11.7 Å². The summed E-state index contributed by atoms with van der Waals surface area (Å²) in [6.07, 6.45) is 3.50. The van der Waals surface area contributed by atoms with E-state index in [1.165, 1.54) is 6.07 Å². The lowest BCUT2D eigenvalue weighted by molar-refractivity contribution is -0.385. The summed E-state index contributed by atoms with van der Waals surface area (Å²) >= 11 is 0. The summed E-state index contributed by atoms with van der Waals surface area (Å²) in [4.78, 5) is 12.1. The molecule has 0 bridgehead atoms. The summed E-state index contributed by atoms with van der Waals surface area (Å²) in [5, 5.41) is 10.6. The van der Waals surface area contributed by atoms with E-state index >= 15 is 0 Å². The monoisotopic (exact) mass is 254 g/mol. The van der Waals surface area contributed by atoms with Crippen molar-refractivity contribution in [2.45, 2.75) is 13.8 Å². The van der Waals surface area contributed by atoms with Gasteiger partial charge in [0.25, 0.3) is 5.69 Å². The van der Waals surface area contributed by atoms with Crippen molar-refractivity contribution in [3.05, 3.63) is 46.1 Å². The molecule has 1 aromatic rings. The van der Waals surface area contributed by atoms with Crippen molar-refractivity contribution in [1.82, 2.24) is 4.90 Å². The summed E-state index contributed by atoms with van der Waals surface area (Å²) in [5.74, 6) is 8.00. The van der Waals surface area contributed by atoms with E-state index in [0.717, 1.165) is 0 Å². The highest BCUT2D eigenvalue weighted by atomic mass is 16.6. The van der Waals surface area contributed by atoms with Gasteiger partial charge in [-0.3, -0.25) is 21.8 Å². The molecule has 0 atom stereocenters. The van der Waals surface area contributed by atoms with E-state index in [0.29, 0.717) is 5.56 Å². The average Bonchev–Trinajstić information content (AvgIpc) is 2.41. The Labute approximate surface area is 108 Å². The number of hydrogen-bond donors (Lipinski definition) is 2. The van der Waals surface area contributed by atoms with Crippen LogP contribution in [-0.2, 0) is 0 Å². The van der Waals surface area contributed by atoms with E-state index < -0.39 is 0 Å². The molecule has 0 radical (unpaired) electrons. The van der Waals surface area contributed by atoms with Crippen LogP contribution in [0.15, 0.2) is 30.5 Å². The van der Waals surface area contributed by atoms with E-state index in [-0.39, 0.29) is 10.6 Å². The highest BCUT2D eigenvalue weighted by molar-refractivity contribution is 5.60. The first kappa shape index (κ1) is 18.4. The zero-order chi connectivity index (χ0) is 14.6. The van der Waals surface area contributed by atoms with Gasteiger partial charge in [0.1, 0.15) is 0 Å². The average molecular weight is 254 g/mol. The van der Waals surface area contributed by atoms with Gasteiger partial charge in [-0.25, -0.2) is 0 Å². The second-order valence-corrected chi connectivity index (χ2v) is 3.10. The number of nitro groups is 1. The minimum Gasteiger partial charge on any atom is -0.383 e. The minimum atomic E-state index is -0.380. The van der Waals surface area contributed by atoms with Gasteiger partial charge >= 0.3 is 0 Å². The molecular formula is C12H22N4O2. The quantitative estimate of drug-likeness (QED) is 0.488. The molecule has 1 rings (SSSR count). The lowest BCUT2D eigenvalue weighted by Crippen LogP contribution is -2.02. The maximum Gasteiger partial charge on any atom is 0.276 e. The Morgan fingerprint density at radius 3 is 2.17 bits per heavy atom. The number of benzene rings is 1. The number of nitrogens with two attached hydrogens (primary N) is 2. The maximum absolute atomic E-state index is 10.6. The van der Waals surface area contributed by atoms with E-state index in [4.69, 9.17) is 0 Å². The third-order valence-corrected chi connectivity index (χ3v) is 1.69. The summed E-state index contributed by atoms with van der Waals surface area (Å²) in [7, 11) is 3.73. The molecule has 0 unspecified atom stereocenters. The predicted molar refractivity (Wildman–Crippen MR) is 75.5 cm³/mol. The van der Waals surface area contributed by atoms with Gasteiger partial charge < -0.3 is 4.90 Å². The fraction of sp³-hybridized carbons (Fsp3) is 0.333. The standard InChI is InChI=1S/C10H12N2O2.C2H6.H4N2/c1-11(2)8-7-9-5-3-4-6-10(9)12(13)14;2*1-2/h3-8H,1-2H3;1-2H3;1-2H2/b8-7+;;. The molecule has 6 heteroatoms. The van der Waals surface area contributed by atoms with E-state index in [1.807, 2.05) is 32.8 Å². The fourth-order valence-corrected chi connectivity index (χ4v) is 1.02. The number of hydrazine groups is 1. The highest BCUT2D eigenvalue weighted by Gasteiger charge is 2.08. The van der Waals surface area contributed by atoms with Crippen LogP contribution in [0.1, 0.15) is 19.4 Å². The lowest BCUT2D eigenvalue weighted by atomic mass is 10.2. The van der Waals surface area contributed by atoms with Crippen LogP contribution in [0.25, 0.3) is 6.08 Å². The number of nitro benzene ring substituents is 1. The van der Waals surface area contributed by atoms with Crippen molar-refractivity contribution in [1.29, 1.82) is 0 Å². The molecule has 6 nitrogen and oxygen atoms in total. The van der Waals surface area contributed by atoms with Crippen molar-refractivity contribution < 1.29 is 4.92 Å². The Kier molecular flexibility index (Phi) is 11.8. The Morgan fingerprint density at radius 1 is 1.22 bits per heavy atom. The molecule has 102 valence electrons. The third kappa shape index (κ3) is 7.37. The second kappa shape index (κ2) is 11.6. The Hall–Kier alpha value is -1.92. The van der Waals surface area contributed by atoms with Gasteiger partial charge in [0.2, 0.25) is 0 Å². The van der Waals surface area contributed by atoms with Gasteiger partial charge in [-0.15, -0.1) is 0 Å². The number of hydrogen-bond acceptors (Lipinski definition) is 5. The SMILES string of the molecule is CC.CN(C)/C=C/c1ccccc1[N+](=O)[O-].NN. The van der Waals surface area contributed by atoms with E-state index in [2.05, 4.69) is 11.7 Å². The number of para-hydroxylation sites is 1. The summed E-state index contributed by atoms with van der Waals surface area (Å²) < 4.78 is 0. The van der Waals surface area contributed by atoms with Gasteiger partial charge in [-0.1, -0.05) is 26.0 Å². The van der Waals surface area contributed by atoms with Crippen molar-refractivity contribution in [2.75, 3.05) is 14.1 Å². The zero-order valence-electron chi connectivity index (χ0n) is 11.3. The van der Waals surface area contributed by atoms with Gasteiger partial charge in [0.15, 0.2) is 0 Å². The Bertz CT molecular complexity index is 365. The zero-order valence-corrected chi connectivity index (χ0v) is 11.3. The summed E-state index contributed by atoms with van der Waals surface area (Å²) in [6.45, 7) is 4.00. The van der Waals surface area contributed by atoms with Crippen LogP contribution in [0.5, 0.6) is 0 Å². The first-order valence-corrected chi connectivity index (χ1v) is 5.52.